The number of nitrogens with one attached hydrogen (secondary N) is 1. The SMILES string of the molecule is O=[N+]([O-])c1cccc([N+](=O)[O-])c1S(=O)(=O)N[C@@H](c1ccccc1)[C@H](O)c1ccccc1. The van der Waals surface area contributed by atoms with Gasteiger partial charge in [0.25, 0.3) is 21.4 Å². The third-order valence-electron chi connectivity index (χ3n) is 4.53. The third-order valence-corrected chi connectivity index (χ3v) is 6.05. The Kier molecular flexibility index (Phi) is 6.39. The zero-order valence-corrected chi connectivity index (χ0v) is 16.7. The lowest BCUT2D eigenvalue weighted by Gasteiger charge is -2.25. The van der Waals surface area contributed by atoms with Crippen LogP contribution in [-0.4, -0.2) is 23.4 Å². The van der Waals surface area contributed by atoms with Crippen LogP contribution < -0.4 is 4.72 Å². The van der Waals surface area contributed by atoms with Crippen LogP contribution in [-0.2, 0) is 10.0 Å². The maximum Gasteiger partial charge on any atom is 0.296 e. The fourth-order valence-corrected chi connectivity index (χ4v) is 4.67. The summed E-state index contributed by atoms with van der Waals surface area (Å²) in [5.41, 5.74) is -1.13. The van der Waals surface area contributed by atoms with Crippen LogP contribution in [0.25, 0.3) is 0 Å². The van der Waals surface area contributed by atoms with Crippen LogP contribution in [0.3, 0.4) is 0 Å². The molecule has 0 aliphatic rings. The van der Waals surface area contributed by atoms with Crippen LogP contribution in [0.15, 0.2) is 83.8 Å². The van der Waals surface area contributed by atoms with Gasteiger partial charge in [0.05, 0.1) is 22.0 Å². The van der Waals surface area contributed by atoms with Crippen molar-refractivity contribution in [1.82, 2.24) is 4.72 Å². The summed E-state index contributed by atoms with van der Waals surface area (Å²) in [6, 6.07) is 17.8. The summed E-state index contributed by atoms with van der Waals surface area (Å²) in [5.74, 6) is 0. The highest BCUT2D eigenvalue weighted by Crippen LogP contribution is 2.36. The molecule has 3 aromatic carbocycles. The minimum atomic E-state index is -4.81. The van der Waals surface area contributed by atoms with E-state index in [1.165, 1.54) is 0 Å². The molecule has 10 nitrogen and oxygen atoms in total. The van der Waals surface area contributed by atoms with E-state index in [2.05, 4.69) is 4.72 Å². The second-order valence-electron chi connectivity index (χ2n) is 6.50. The summed E-state index contributed by atoms with van der Waals surface area (Å²) < 4.78 is 28.6. The van der Waals surface area contributed by atoms with E-state index < -0.39 is 48.3 Å². The molecule has 3 aromatic rings. The Balaban J connectivity index is 2.14. The summed E-state index contributed by atoms with van der Waals surface area (Å²) in [4.78, 5) is 19.7. The van der Waals surface area contributed by atoms with Gasteiger partial charge in [-0.25, -0.2) is 13.1 Å². The van der Waals surface area contributed by atoms with Crippen molar-refractivity contribution in [3.05, 3.63) is 110 Å². The summed E-state index contributed by atoms with van der Waals surface area (Å²) in [7, 11) is -4.81. The monoisotopic (exact) mass is 443 g/mol. The molecule has 2 atom stereocenters. The summed E-state index contributed by atoms with van der Waals surface area (Å²) >= 11 is 0. The maximum atomic E-state index is 13.2. The van der Waals surface area contributed by atoms with E-state index >= 15 is 0 Å². The molecule has 0 spiro atoms. The molecular formula is C20H17N3O7S. The average Bonchev–Trinajstić information content (AvgIpc) is 2.77. The van der Waals surface area contributed by atoms with Crippen molar-refractivity contribution < 1.29 is 23.4 Å². The number of aliphatic hydroxyl groups excluding tert-OH is 1. The lowest BCUT2D eigenvalue weighted by molar-refractivity contribution is -0.399. The maximum absolute atomic E-state index is 13.2. The number of rotatable bonds is 8. The number of benzene rings is 3. The fourth-order valence-electron chi connectivity index (χ4n) is 3.12. The third kappa shape index (κ3) is 4.74. The molecule has 11 heteroatoms. The van der Waals surface area contributed by atoms with Gasteiger partial charge in [0.2, 0.25) is 4.90 Å². The van der Waals surface area contributed by atoms with Crippen molar-refractivity contribution in [3.63, 3.8) is 0 Å². The average molecular weight is 443 g/mol. The van der Waals surface area contributed by atoms with Gasteiger partial charge in [-0.3, -0.25) is 20.2 Å². The van der Waals surface area contributed by atoms with Crippen LogP contribution >= 0.6 is 0 Å². The first-order chi connectivity index (χ1) is 14.7. The Labute approximate surface area is 177 Å². The Morgan fingerprint density at radius 2 is 1.19 bits per heavy atom. The number of nitrogens with zero attached hydrogens (tertiary/aromatic N) is 2. The molecule has 0 amide bonds. The van der Waals surface area contributed by atoms with Crippen molar-refractivity contribution in [3.8, 4) is 0 Å². The van der Waals surface area contributed by atoms with Crippen molar-refractivity contribution in [2.24, 2.45) is 0 Å². The molecule has 0 aliphatic carbocycles. The van der Waals surface area contributed by atoms with Crippen LogP contribution in [0, 0.1) is 20.2 Å². The molecular weight excluding hydrogens is 426 g/mol. The Morgan fingerprint density at radius 1 is 0.742 bits per heavy atom. The highest BCUT2D eigenvalue weighted by molar-refractivity contribution is 7.89. The summed E-state index contributed by atoms with van der Waals surface area (Å²) in [5, 5.41) is 33.7. The van der Waals surface area contributed by atoms with E-state index in [9.17, 15) is 33.8 Å². The van der Waals surface area contributed by atoms with Gasteiger partial charge >= 0.3 is 0 Å². The highest BCUT2D eigenvalue weighted by atomic mass is 32.2. The molecule has 0 unspecified atom stereocenters. The van der Waals surface area contributed by atoms with Crippen molar-refractivity contribution in [2.75, 3.05) is 0 Å². The normalized spacial score (nSPS) is 13.3. The largest absolute Gasteiger partial charge is 0.386 e. The number of aliphatic hydroxyl groups is 1. The zero-order valence-electron chi connectivity index (χ0n) is 15.9. The summed E-state index contributed by atoms with van der Waals surface area (Å²) in [6.45, 7) is 0. The zero-order chi connectivity index (χ0) is 22.6. The minimum absolute atomic E-state index is 0.365. The van der Waals surface area contributed by atoms with Crippen LogP contribution in [0.1, 0.15) is 23.3 Å². The number of sulfonamides is 1. The predicted molar refractivity (Wildman–Crippen MR) is 111 cm³/mol. The second-order valence-corrected chi connectivity index (χ2v) is 8.16. The topological polar surface area (TPSA) is 153 Å². The molecule has 3 rings (SSSR count). The molecule has 0 saturated heterocycles. The van der Waals surface area contributed by atoms with Gasteiger partial charge in [0.15, 0.2) is 0 Å². The van der Waals surface area contributed by atoms with E-state index in [0.717, 1.165) is 18.2 Å². The van der Waals surface area contributed by atoms with E-state index in [4.69, 9.17) is 0 Å². The first kappa shape index (κ1) is 22.0. The molecule has 0 fully saturated rings. The van der Waals surface area contributed by atoms with E-state index in [1.807, 2.05) is 0 Å². The molecule has 0 bridgehead atoms. The molecule has 0 aromatic heterocycles. The molecule has 0 saturated carbocycles. The number of hydrogen-bond donors (Lipinski definition) is 2. The van der Waals surface area contributed by atoms with Crippen molar-refractivity contribution in [2.45, 2.75) is 17.0 Å². The van der Waals surface area contributed by atoms with Crippen LogP contribution in [0.2, 0.25) is 0 Å². The number of nitro groups is 2. The van der Waals surface area contributed by atoms with Gasteiger partial charge in [-0.15, -0.1) is 0 Å². The first-order valence-electron chi connectivity index (χ1n) is 8.94. The molecule has 31 heavy (non-hydrogen) atoms. The quantitative estimate of drug-likeness (QED) is 0.400. The lowest BCUT2D eigenvalue weighted by Crippen LogP contribution is -2.33. The standard InChI is InChI=1S/C20H17N3O7S/c24-19(15-10-5-2-6-11-15)18(14-8-3-1-4-9-14)21-31(29,30)20-16(22(25)26)12-7-13-17(20)23(27)28/h1-13,18-19,21,24H/t18-,19+/m0/s1. The second kappa shape index (κ2) is 9.00. The smallest absolute Gasteiger partial charge is 0.296 e. The van der Waals surface area contributed by atoms with Gasteiger partial charge in [-0.2, -0.15) is 0 Å². The Hall–Kier alpha value is -3.67. The molecule has 0 radical (unpaired) electrons. The summed E-state index contributed by atoms with van der Waals surface area (Å²) in [6.07, 6.45) is -1.37. The van der Waals surface area contributed by atoms with Crippen LogP contribution in [0.4, 0.5) is 11.4 Å². The van der Waals surface area contributed by atoms with Crippen molar-refractivity contribution in [1.29, 1.82) is 0 Å². The van der Waals surface area contributed by atoms with Crippen LogP contribution in [0.5, 0.6) is 0 Å². The number of hydrogen-bond acceptors (Lipinski definition) is 7. The van der Waals surface area contributed by atoms with Gasteiger partial charge in [0.1, 0.15) is 0 Å². The molecule has 160 valence electrons. The van der Waals surface area contributed by atoms with E-state index in [1.54, 1.807) is 60.7 Å². The Bertz CT molecular complexity index is 1170. The lowest BCUT2D eigenvalue weighted by atomic mass is 9.97. The van der Waals surface area contributed by atoms with Crippen molar-refractivity contribution >= 4 is 21.4 Å². The molecule has 0 aliphatic heterocycles. The van der Waals surface area contributed by atoms with Gasteiger partial charge in [-0.1, -0.05) is 60.7 Å². The van der Waals surface area contributed by atoms with Gasteiger partial charge in [-0.05, 0) is 17.2 Å². The minimum Gasteiger partial charge on any atom is -0.386 e. The van der Waals surface area contributed by atoms with E-state index in [0.29, 0.717) is 11.1 Å². The number of nitro benzene ring substituents is 2. The highest BCUT2D eigenvalue weighted by Gasteiger charge is 2.38. The van der Waals surface area contributed by atoms with Gasteiger partial charge in [0, 0.05) is 12.1 Å². The van der Waals surface area contributed by atoms with Gasteiger partial charge < -0.3 is 5.11 Å². The molecule has 0 heterocycles. The van der Waals surface area contributed by atoms with E-state index in [-0.39, 0.29) is 0 Å². The predicted octanol–water partition coefficient (Wildman–Crippen LogP) is 3.26. The Morgan fingerprint density at radius 3 is 1.65 bits per heavy atom. The molecule has 2 N–H and O–H groups in total. The first-order valence-corrected chi connectivity index (χ1v) is 10.4. The fraction of sp³-hybridized carbons (Fsp3) is 0.100.